The van der Waals surface area contributed by atoms with Crippen LogP contribution in [0, 0.1) is 0 Å². The van der Waals surface area contributed by atoms with E-state index in [0.29, 0.717) is 42.4 Å². The predicted molar refractivity (Wildman–Crippen MR) is 96.3 cm³/mol. The predicted octanol–water partition coefficient (Wildman–Crippen LogP) is 1.73. The van der Waals surface area contributed by atoms with Crippen LogP contribution in [0.5, 0.6) is 17.4 Å². The highest BCUT2D eigenvalue weighted by molar-refractivity contribution is 7.09. The molecule has 1 aromatic carbocycles. The minimum Gasteiger partial charge on any atom is -0.494 e. The van der Waals surface area contributed by atoms with E-state index in [1.54, 1.807) is 26.3 Å². The Bertz CT molecular complexity index is 789. The van der Waals surface area contributed by atoms with Gasteiger partial charge in [-0.25, -0.2) is 0 Å². The Hall–Kier alpha value is -2.42. The maximum absolute atomic E-state index is 11.3. The average Bonchev–Trinajstić information content (AvgIpc) is 2.88. The zero-order valence-electron chi connectivity index (χ0n) is 14.1. The van der Waals surface area contributed by atoms with Crippen LogP contribution in [0.1, 0.15) is 16.9 Å². The molecular formula is C16H19BN2O5S. The third-order valence-electron chi connectivity index (χ3n) is 3.56. The first-order valence-electron chi connectivity index (χ1n) is 7.62. The van der Waals surface area contributed by atoms with E-state index in [4.69, 9.17) is 17.3 Å². The Labute approximate surface area is 150 Å². The number of carbonyl (C=O) groups excluding carboxylic acids is 1. The van der Waals surface area contributed by atoms with Gasteiger partial charge in [0.05, 0.1) is 18.6 Å². The molecule has 0 saturated carbocycles. The highest BCUT2D eigenvalue weighted by atomic mass is 32.1. The lowest BCUT2D eigenvalue weighted by molar-refractivity contribution is 0.224. The Morgan fingerprint density at radius 1 is 1.40 bits per heavy atom. The third kappa shape index (κ3) is 5.28. The van der Waals surface area contributed by atoms with Gasteiger partial charge in [0.25, 0.3) is 0 Å². The molecule has 132 valence electrons. The summed E-state index contributed by atoms with van der Waals surface area (Å²) in [6, 6.07) is 5.42. The zero-order valence-corrected chi connectivity index (χ0v) is 14.9. The summed E-state index contributed by atoms with van der Waals surface area (Å²) in [6.45, 7) is 0.878. The first-order valence-corrected chi connectivity index (χ1v) is 8.43. The van der Waals surface area contributed by atoms with Gasteiger partial charge in [-0.2, -0.15) is 0 Å². The highest BCUT2D eigenvalue weighted by Crippen LogP contribution is 2.30. The molecule has 0 aliphatic rings. The van der Waals surface area contributed by atoms with E-state index >= 15 is 0 Å². The summed E-state index contributed by atoms with van der Waals surface area (Å²) in [7, 11) is 8.34. The Kier molecular flexibility index (Phi) is 6.52. The first kappa shape index (κ1) is 18.9. The number of hydrogen-bond acceptors (Lipinski definition) is 6. The number of aromatic hydroxyl groups is 1. The minimum atomic E-state index is -0.482. The van der Waals surface area contributed by atoms with Crippen LogP contribution >= 0.6 is 11.3 Å². The molecule has 2 aromatic rings. The molecule has 0 bridgehead atoms. The van der Waals surface area contributed by atoms with E-state index in [1.165, 1.54) is 4.90 Å². The fourth-order valence-electron chi connectivity index (χ4n) is 2.20. The van der Waals surface area contributed by atoms with E-state index in [2.05, 4.69) is 4.98 Å². The molecule has 25 heavy (non-hydrogen) atoms. The van der Waals surface area contributed by atoms with Crippen LogP contribution in [0.3, 0.4) is 0 Å². The number of ether oxygens (including phenoxy) is 2. The number of thiazole rings is 1. The van der Waals surface area contributed by atoms with Crippen LogP contribution in [0.25, 0.3) is 0 Å². The molecule has 2 radical (unpaired) electrons. The highest BCUT2D eigenvalue weighted by Gasteiger charge is 2.11. The molecule has 0 fully saturated rings. The van der Waals surface area contributed by atoms with Crippen LogP contribution < -0.4 is 14.3 Å². The van der Waals surface area contributed by atoms with Crippen molar-refractivity contribution < 1.29 is 19.4 Å². The second-order valence-corrected chi connectivity index (χ2v) is 6.48. The summed E-state index contributed by atoms with van der Waals surface area (Å²) in [5, 5.41) is 9.69. The number of rotatable bonds is 8. The van der Waals surface area contributed by atoms with Gasteiger partial charge in [0, 0.05) is 20.0 Å². The molecule has 1 amide bonds. The van der Waals surface area contributed by atoms with Crippen LogP contribution in [-0.4, -0.2) is 56.0 Å². The molecule has 0 aliphatic carbocycles. The number of benzene rings is 1. The van der Waals surface area contributed by atoms with E-state index in [1.807, 2.05) is 6.07 Å². The number of nitrogens with zero attached hydrogens (tertiary/aromatic N) is 1. The number of nitrogens with one attached hydrogen (secondary N) is 1. The van der Waals surface area contributed by atoms with E-state index < -0.39 is 5.81 Å². The molecule has 0 aliphatic heterocycles. The number of aromatic amines is 1. The molecule has 2 N–H and O–H groups in total. The summed E-state index contributed by atoms with van der Waals surface area (Å²) >= 11 is 0.970. The summed E-state index contributed by atoms with van der Waals surface area (Å²) in [6.07, 6.45) is 1.02. The van der Waals surface area contributed by atoms with E-state index in [9.17, 15) is 14.7 Å². The van der Waals surface area contributed by atoms with Crippen molar-refractivity contribution in [2.24, 2.45) is 0 Å². The summed E-state index contributed by atoms with van der Waals surface area (Å²) in [5.41, 5.74) is 0.871. The maximum atomic E-state index is 11.3. The number of carbonyl (C=O) groups is 1. The number of hydrogen-bond donors (Lipinski definition) is 2. The van der Waals surface area contributed by atoms with Gasteiger partial charge in [-0.1, -0.05) is 17.4 Å². The monoisotopic (exact) mass is 362 g/mol. The van der Waals surface area contributed by atoms with Crippen molar-refractivity contribution in [3.63, 3.8) is 0 Å². The molecule has 0 spiro atoms. The molecule has 7 nitrogen and oxygen atoms in total. The molecule has 0 unspecified atom stereocenters. The van der Waals surface area contributed by atoms with Crippen LogP contribution in [0.15, 0.2) is 23.0 Å². The first-order chi connectivity index (χ1) is 11.9. The fraction of sp³-hybridized carbons (Fsp3) is 0.375. The Morgan fingerprint density at radius 3 is 2.76 bits per heavy atom. The minimum absolute atomic E-state index is 0.109. The molecule has 9 heteroatoms. The Balaban J connectivity index is 2.02. The van der Waals surface area contributed by atoms with E-state index in [-0.39, 0.29) is 10.8 Å². The van der Waals surface area contributed by atoms with Crippen molar-refractivity contribution in [2.75, 3.05) is 27.3 Å². The smallest absolute Gasteiger partial charge is 0.307 e. The number of methoxy groups -OCH3 is 1. The lowest BCUT2D eigenvalue weighted by Crippen LogP contribution is -2.27. The lowest BCUT2D eigenvalue weighted by atomic mass is 10.1. The fourth-order valence-corrected chi connectivity index (χ4v) is 2.95. The lowest BCUT2D eigenvalue weighted by Gasteiger charge is -2.16. The van der Waals surface area contributed by atoms with Gasteiger partial charge in [0.1, 0.15) is 0 Å². The van der Waals surface area contributed by atoms with Gasteiger partial charge >= 0.3 is 4.87 Å². The van der Waals surface area contributed by atoms with Crippen molar-refractivity contribution in [3.8, 4) is 17.4 Å². The van der Waals surface area contributed by atoms with Crippen LogP contribution in [0.4, 0.5) is 4.79 Å². The van der Waals surface area contributed by atoms with Crippen molar-refractivity contribution >= 4 is 25.0 Å². The van der Waals surface area contributed by atoms with E-state index in [0.717, 1.165) is 16.9 Å². The van der Waals surface area contributed by atoms with Gasteiger partial charge in [-0.05, 0) is 24.1 Å². The topological polar surface area (TPSA) is 91.9 Å². The average molecular weight is 362 g/mol. The van der Waals surface area contributed by atoms with Gasteiger partial charge in [0.2, 0.25) is 13.7 Å². The summed E-state index contributed by atoms with van der Waals surface area (Å²) in [5.74, 6) is 0.551. The van der Waals surface area contributed by atoms with Crippen molar-refractivity contribution in [2.45, 2.75) is 12.8 Å². The van der Waals surface area contributed by atoms with Crippen molar-refractivity contribution in [1.29, 1.82) is 0 Å². The van der Waals surface area contributed by atoms with Crippen molar-refractivity contribution in [3.05, 3.63) is 38.3 Å². The second-order valence-electron chi connectivity index (χ2n) is 5.41. The largest absolute Gasteiger partial charge is 0.494 e. The van der Waals surface area contributed by atoms with Crippen LogP contribution in [0.2, 0.25) is 0 Å². The number of amides is 1. The number of H-pyrrole nitrogens is 1. The quantitative estimate of drug-likeness (QED) is 0.551. The second kappa shape index (κ2) is 8.61. The molecular weight excluding hydrogens is 343 g/mol. The summed E-state index contributed by atoms with van der Waals surface area (Å²) in [4.78, 5) is 26.2. The molecule has 1 heterocycles. The molecule has 1 aromatic heterocycles. The van der Waals surface area contributed by atoms with Gasteiger partial charge in [-0.15, -0.1) is 0 Å². The standard InChI is InChI=1S/C16H19BN2O5S/c1-19(15(17)21)6-3-7-24-12-8-10(4-5-11(12)23-2)9-13-14(20)18-16(22)25-13/h4-5,8,20H,3,6-7,9H2,1-2H3,(H,18,22). The van der Waals surface area contributed by atoms with Crippen LogP contribution in [-0.2, 0) is 6.42 Å². The van der Waals surface area contributed by atoms with Gasteiger partial charge in [-0.3, -0.25) is 14.6 Å². The van der Waals surface area contributed by atoms with Gasteiger partial charge < -0.3 is 19.5 Å². The maximum Gasteiger partial charge on any atom is 0.307 e. The normalized spacial score (nSPS) is 10.5. The van der Waals surface area contributed by atoms with Crippen molar-refractivity contribution in [1.82, 2.24) is 9.88 Å². The SMILES string of the molecule is [B]C(=O)N(C)CCCOc1cc(Cc2sc(=O)[nH]c2O)ccc1OC. The third-order valence-corrected chi connectivity index (χ3v) is 4.44. The molecule has 0 atom stereocenters. The molecule has 0 saturated heterocycles. The number of aromatic nitrogens is 1. The zero-order chi connectivity index (χ0) is 18.4. The summed E-state index contributed by atoms with van der Waals surface area (Å²) < 4.78 is 11.0. The van der Waals surface area contributed by atoms with Gasteiger partial charge in [0.15, 0.2) is 17.3 Å². The molecule has 2 rings (SSSR count). The Morgan fingerprint density at radius 2 is 2.16 bits per heavy atom.